The fraction of sp³-hybridized carbons (Fsp3) is 0.400. The quantitative estimate of drug-likeness (QED) is 0.234. The summed E-state index contributed by atoms with van der Waals surface area (Å²) in [5, 5.41) is 12.9. The summed E-state index contributed by atoms with van der Waals surface area (Å²) in [5.74, 6) is -0.389. The van der Waals surface area contributed by atoms with E-state index in [1.165, 1.54) is 13.2 Å². The van der Waals surface area contributed by atoms with Crippen molar-refractivity contribution in [2.45, 2.75) is 56.0 Å². The smallest absolute Gasteiger partial charge is 0.328 e. The van der Waals surface area contributed by atoms with Crippen LogP contribution in [0.5, 0.6) is 5.75 Å². The largest absolute Gasteiger partial charge is 0.496 e. The van der Waals surface area contributed by atoms with Gasteiger partial charge in [0.25, 0.3) is 0 Å². The second kappa shape index (κ2) is 12.3. The van der Waals surface area contributed by atoms with Crippen LogP contribution in [0.1, 0.15) is 62.3 Å². The van der Waals surface area contributed by atoms with E-state index in [0.717, 1.165) is 42.9 Å². The zero-order chi connectivity index (χ0) is 23.4. The number of fused-ring (bicyclic) bond motifs is 1. The maximum absolute atomic E-state index is 11.4. The minimum atomic E-state index is -3.15. The summed E-state index contributed by atoms with van der Waals surface area (Å²) in [6.45, 7) is 4.21. The molecule has 1 aliphatic rings. The molecule has 34 heavy (non-hydrogen) atoms. The van der Waals surface area contributed by atoms with Crippen LogP contribution in [0.25, 0.3) is 6.08 Å². The number of aliphatic carboxylic acids is 1. The Morgan fingerprint density at radius 2 is 1.88 bits per heavy atom. The Balaban J connectivity index is 0.00000289. The van der Waals surface area contributed by atoms with E-state index in [1.807, 2.05) is 30.3 Å². The average molecular weight is 494 g/mol. The summed E-state index contributed by atoms with van der Waals surface area (Å²) in [5.41, 5.74) is 1.82. The van der Waals surface area contributed by atoms with Crippen molar-refractivity contribution in [3.8, 4) is 5.75 Å². The predicted molar refractivity (Wildman–Crippen MR) is 140 cm³/mol. The molecule has 0 aromatic heterocycles. The van der Waals surface area contributed by atoms with Gasteiger partial charge >= 0.3 is 5.97 Å². The van der Waals surface area contributed by atoms with Crippen LogP contribution in [-0.2, 0) is 4.79 Å². The van der Waals surface area contributed by atoms with Crippen LogP contribution in [0.3, 0.4) is 0 Å². The molecular weight excluding hydrogens is 454 g/mol. The van der Waals surface area contributed by atoms with Crippen molar-refractivity contribution < 1.29 is 23.7 Å². The number of hydrogen-bond donors (Lipinski definition) is 6. The van der Waals surface area contributed by atoms with E-state index in [9.17, 15) is 13.9 Å². The zero-order valence-corrected chi connectivity index (χ0v) is 21.1. The van der Waals surface area contributed by atoms with Gasteiger partial charge in [-0.25, -0.2) is 4.79 Å². The van der Waals surface area contributed by atoms with Crippen LogP contribution < -0.4 is 22.4 Å². The second-order valence-electron chi connectivity index (χ2n) is 8.34. The van der Waals surface area contributed by atoms with Gasteiger partial charge in [-0.2, -0.15) is 10.6 Å². The molecule has 1 aliphatic heterocycles. The van der Waals surface area contributed by atoms with Crippen LogP contribution >= 0.6 is 10.6 Å². The number of unbranched alkanes of at least 4 members (excludes halogenated alkanes) is 1. The van der Waals surface area contributed by atoms with Crippen LogP contribution in [0.4, 0.5) is 0 Å². The topological polar surface area (TPSA) is 169 Å². The Labute approximate surface area is 203 Å². The van der Waals surface area contributed by atoms with Gasteiger partial charge in [-0.3, -0.25) is 14.4 Å². The van der Waals surface area contributed by atoms with Crippen molar-refractivity contribution in [2.75, 3.05) is 12.9 Å². The number of benzene rings is 2. The molecule has 2 aromatic carbocycles. The first-order valence-electron chi connectivity index (χ1n) is 11.0. The fourth-order valence-corrected chi connectivity index (χ4v) is 6.63. The standard InChI is InChI=1S/C25H33NO5S.2H3N/c1-4-6-14-25(5-2)17-32(29,30)22-15-19(12-13-23(27)28)21(31-3)16-20(22)24(26-25)18-10-8-7-9-11-18;;/h7-13,15-16,24,26,29-30H,4-6,14,17H2,1-3H3,(H,27,28);2*1H3/b13-12+;;/t24-,25-;;/m1../s1. The molecule has 10 N–H and O–H groups in total. The van der Waals surface area contributed by atoms with Gasteiger partial charge in [-0.05, 0) is 36.6 Å². The third kappa shape index (κ3) is 6.38. The van der Waals surface area contributed by atoms with E-state index >= 15 is 0 Å². The van der Waals surface area contributed by atoms with Gasteiger partial charge in [0.15, 0.2) is 0 Å². The number of hydrogen-bond acceptors (Lipinski definition) is 7. The molecule has 1 heterocycles. The lowest BCUT2D eigenvalue weighted by Gasteiger charge is -2.42. The molecule has 0 aliphatic carbocycles. The van der Waals surface area contributed by atoms with E-state index in [-0.39, 0.29) is 24.1 Å². The normalized spacial score (nSPS) is 22.0. The van der Waals surface area contributed by atoms with E-state index in [1.54, 1.807) is 12.1 Å². The predicted octanol–water partition coefficient (Wildman–Crippen LogP) is 6.26. The number of carboxylic acid groups (broad SMARTS) is 1. The lowest BCUT2D eigenvalue weighted by atomic mass is 9.88. The van der Waals surface area contributed by atoms with E-state index in [2.05, 4.69) is 19.2 Å². The SMILES string of the molecule is CCCC[C@]1(CC)CS(O)(O)c2cc(/C=C/C(=O)O)c(OC)cc2[C@@H](c2ccccc2)N1.N.N. The molecular formula is C25H39N3O5S. The lowest BCUT2D eigenvalue weighted by molar-refractivity contribution is -0.131. The molecule has 0 radical (unpaired) electrons. The first-order valence-corrected chi connectivity index (χ1v) is 12.7. The van der Waals surface area contributed by atoms with Gasteiger partial charge in [0.05, 0.1) is 23.8 Å². The molecule has 2 aromatic rings. The summed E-state index contributed by atoms with van der Waals surface area (Å²) in [6.07, 6.45) is 6.03. The minimum absolute atomic E-state index is 0. The van der Waals surface area contributed by atoms with Crippen LogP contribution in [0.15, 0.2) is 53.4 Å². The summed E-state index contributed by atoms with van der Waals surface area (Å²) in [7, 11) is -1.63. The molecule has 8 nitrogen and oxygen atoms in total. The third-order valence-electron chi connectivity index (χ3n) is 6.18. The van der Waals surface area contributed by atoms with Crippen LogP contribution in [0, 0.1) is 0 Å². The Bertz CT molecular complexity index is 984. The van der Waals surface area contributed by atoms with Gasteiger partial charge in [0.2, 0.25) is 0 Å². The Morgan fingerprint density at radius 1 is 1.21 bits per heavy atom. The van der Waals surface area contributed by atoms with Crippen molar-refractivity contribution in [3.63, 3.8) is 0 Å². The zero-order valence-electron chi connectivity index (χ0n) is 20.3. The summed E-state index contributed by atoms with van der Waals surface area (Å²) >= 11 is 0. The van der Waals surface area contributed by atoms with Gasteiger partial charge < -0.3 is 22.1 Å². The third-order valence-corrected chi connectivity index (χ3v) is 8.19. The summed E-state index contributed by atoms with van der Waals surface area (Å²) in [4.78, 5) is 11.5. The maximum atomic E-state index is 11.4. The van der Waals surface area contributed by atoms with Crippen molar-refractivity contribution in [1.82, 2.24) is 17.6 Å². The number of methoxy groups -OCH3 is 1. The van der Waals surface area contributed by atoms with Gasteiger partial charge in [-0.1, -0.05) is 57.0 Å². The number of carboxylic acids is 1. The van der Waals surface area contributed by atoms with Crippen molar-refractivity contribution >= 4 is 22.6 Å². The fourth-order valence-electron chi connectivity index (χ4n) is 4.41. The number of nitrogens with one attached hydrogen (secondary N) is 1. The molecule has 0 unspecified atom stereocenters. The Hall–Kier alpha value is -2.40. The van der Waals surface area contributed by atoms with Crippen molar-refractivity contribution in [2.24, 2.45) is 0 Å². The Morgan fingerprint density at radius 3 is 2.44 bits per heavy atom. The molecule has 0 saturated carbocycles. The molecule has 2 atom stereocenters. The highest BCUT2D eigenvalue weighted by Gasteiger charge is 2.42. The van der Waals surface area contributed by atoms with Crippen LogP contribution in [-0.4, -0.2) is 38.6 Å². The molecule has 0 amide bonds. The minimum Gasteiger partial charge on any atom is -0.496 e. The first kappa shape index (κ1) is 29.6. The van der Waals surface area contributed by atoms with Crippen molar-refractivity contribution in [1.29, 1.82) is 0 Å². The van der Waals surface area contributed by atoms with E-state index in [0.29, 0.717) is 16.2 Å². The number of rotatable bonds is 8. The van der Waals surface area contributed by atoms with E-state index < -0.39 is 22.1 Å². The van der Waals surface area contributed by atoms with Crippen LogP contribution in [0.2, 0.25) is 0 Å². The summed E-state index contributed by atoms with van der Waals surface area (Å²) in [6, 6.07) is 13.2. The average Bonchev–Trinajstić information content (AvgIpc) is 2.88. The van der Waals surface area contributed by atoms with Crippen molar-refractivity contribution in [3.05, 3.63) is 65.2 Å². The number of ether oxygens (including phenoxy) is 1. The highest BCUT2D eigenvalue weighted by atomic mass is 32.3. The number of carbonyl (C=O) groups is 1. The molecule has 190 valence electrons. The Kier molecular flexibility index (Phi) is 10.8. The van der Waals surface area contributed by atoms with Gasteiger partial charge in [0.1, 0.15) is 5.75 Å². The van der Waals surface area contributed by atoms with Gasteiger partial charge in [-0.15, -0.1) is 0 Å². The molecule has 9 heteroatoms. The maximum Gasteiger partial charge on any atom is 0.328 e. The molecule has 3 rings (SSSR count). The molecule has 0 fully saturated rings. The highest BCUT2D eigenvalue weighted by Crippen LogP contribution is 2.58. The monoisotopic (exact) mass is 493 g/mol. The molecule has 0 saturated heterocycles. The molecule has 0 spiro atoms. The highest BCUT2D eigenvalue weighted by molar-refractivity contribution is 8.24. The van der Waals surface area contributed by atoms with E-state index in [4.69, 9.17) is 9.84 Å². The second-order valence-corrected chi connectivity index (χ2v) is 10.4. The van der Waals surface area contributed by atoms with Gasteiger partial charge in [0, 0.05) is 22.7 Å². The summed E-state index contributed by atoms with van der Waals surface area (Å²) < 4.78 is 28.4. The lowest BCUT2D eigenvalue weighted by Crippen LogP contribution is -2.49. The molecule has 0 bridgehead atoms. The first-order chi connectivity index (χ1) is 15.2.